The van der Waals surface area contributed by atoms with Crippen LogP contribution in [0.5, 0.6) is 0 Å². The van der Waals surface area contributed by atoms with E-state index in [9.17, 15) is 18.0 Å². The van der Waals surface area contributed by atoms with Crippen molar-refractivity contribution in [2.24, 2.45) is 5.92 Å². The summed E-state index contributed by atoms with van der Waals surface area (Å²) in [5.41, 5.74) is 0. The molecule has 5 heteroatoms. The summed E-state index contributed by atoms with van der Waals surface area (Å²) in [5.74, 6) is -2.77. The molecule has 0 radical (unpaired) electrons. The highest BCUT2D eigenvalue weighted by Gasteiger charge is 2.32. The average molecular weight is 156 g/mol. The number of halogens is 3. The van der Waals surface area contributed by atoms with Crippen LogP contribution in [0.1, 0.15) is 13.3 Å². The number of rotatable bonds is 2. The van der Waals surface area contributed by atoms with Gasteiger partial charge in [0.05, 0.1) is 12.3 Å². The Hall–Kier alpha value is -0.740. The second-order valence-electron chi connectivity index (χ2n) is 2.06. The van der Waals surface area contributed by atoms with E-state index in [1.807, 2.05) is 0 Å². The van der Waals surface area contributed by atoms with E-state index in [4.69, 9.17) is 5.11 Å². The van der Waals surface area contributed by atoms with Crippen LogP contribution in [0.25, 0.3) is 0 Å². The zero-order chi connectivity index (χ0) is 8.36. The van der Waals surface area contributed by atoms with Crippen molar-refractivity contribution in [2.75, 3.05) is 0 Å². The lowest BCUT2D eigenvalue weighted by molar-refractivity contribution is -0.162. The van der Waals surface area contributed by atoms with Crippen molar-refractivity contribution in [3.63, 3.8) is 0 Å². The van der Waals surface area contributed by atoms with E-state index in [0.717, 1.165) is 6.92 Å². The van der Waals surface area contributed by atoms with Gasteiger partial charge in [0, 0.05) is 0 Å². The van der Waals surface area contributed by atoms with E-state index in [1.165, 1.54) is 0 Å². The minimum atomic E-state index is -4.38. The third-order valence-electron chi connectivity index (χ3n) is 0.959. The highest BCUT2D eigenvalue weighted by atomic mass is 19.4. The number of alkyl halides is 3. The van der Waals surface area contributed by atoms with Gasteiger partial charge < -0.3 is 5.11 Å². The molecule has 0 heterocycles. The van der Waals surface area contributed by atoms with Gasteiger partial charge in [-0.15, -0.1) is 0 Å². The van der Waals surface area contributed by atoms with Gasteiger partial charge in [-0.25, -0.2) is 0 Å². The molecule has 0 fully saturated rings. The Balaban J connectivity index is 3.80. The Morgan fingerprint density at radius 3 is 2.10 bits per heavy atom. The monoisotopic (exact) mass is 156 g/mol. The predicted molar refractivity (Wildman–Crippen MR) is 27.5 cm³/mol. The highest BCUT2D eigenvalue weighted by molar-refractivity contribution is 5.69. The molecule has 0 rings (SSSR count). The van der Waals surface area contributed by atoms with Gasteiger partial charge in [-0.2, -0.15) is 13.2 Å². The first kappa shape index (κ1) is 9.26. The average Bonchev–Trinajstić information content (AvgIpc) is 1.60. The fourth-order valence-corrected chi connectivity index (χ4v) is 0.434. The van der Waals surface area contributed by atoms with Crippen molar-refractivity contribution >= 4 is 5.97 Å². The van der Waals surface area contributed by atoms with E-state index < -0.39 is 24.5 Å². The molecular formula is C5H7F3O2. The second kappa shape index (κ2) is 2.90. The molecule has 1 atom stereocenters. The van der Waals surface area contributed by atoms with E-state index in [1.54, 1.807) is 0 Å². The minimum Gasteiger partial charge on any atom is -0.481 e. The van der Waals surface area contributed by atoms with Crippen molar-refractivity contribution in [3.05, 3.63) is 0 Å². The Labute approximate surface area is 55.7 Å². The Bertz CT molecular complexity index is 129. The minimum absolute atomic E-state index is 1.02. The summed E-state index contributed by atoms with van der Waals surface area (Å²) in [6.07, 6.45) is -5.64. The van der Waals surface area contributed by atoms with Crippen molar-refractivity contribution < 1.29 is 23.1 Å². The molecule has 0 aliphatic carbocycles. The van der Waals surface area contributed by atoms with E-state index in [0.29, 0.717) is 0 Å². The molecule has 0 bridgehead atoms. The van der Waals surface area contributed by atoms with Crippen molar-refractivity contribution in [1.29, 1.82) is 0 Å². The summed E-state index contributed by atoms with van der Waals surface area (Å²) in [6, 6.07) is 0. The predicted octanol–water partition coefficient (Wildman–Crippen LogP) is 1.66. The van der Waals surface area contributed by atoms with Crippen LogP contribution in [0.15, 0.2) is 0 Å². The number of hydrogen-bond acceptors (Lipinski definition) is 1. The fraction of sp³-hybridized carbons (Fsp3) is 0.800. The first-order valence-electron chi connectivity index (χ1n) is 2.62. The lowest BCUT2D eigenvalue weighted by atomic mass is 10.1. The lowest BCUT2D eigenvalue weighted by Gasteiger charge is -2.08. The summed E-state index contributed by atoms with van der Waals surface area (Å²) in [5, 5.41) is 8.05. The summed E-state index contributed by atoms with van der Waals surface area (Å²) in [7, 11) is 0. The first-order chi connectivity index (χ1) is 4.33. The Morgan fingerprint density at radius 1 is 1.60 bits per heavy atom. The quantitative estimate of drug-likeness (QED) is 0.660. The maximum absolute atomic E-state index is 11.4. The van der Waals surface area contributed by atoms with Crippen molar-refractivity contribution in [1.82, 2.24) is 0 Å². The number of carbonyl (C=O) groups is 1. The smallest absolute Gasteiger partial charge is 0.389 e. The Morgan fingerprint density at radius 2 is 2.00 bits per heavy atom. The van der Waals surface area contributed by atoms with Crippen LogP contribution in [0.3, 0.4) is 0 Å². The molecule has 0 unspecified atom stereocenters. The van der Waals surface area contributed by atoms with Gasteiger partial charge in [-0.3, -0.25) is 4.79 Å². The molecule has 60 valence electrons. The third-order valence-corrected chi connectivity index (χ3v) is 0.959. The highest BCUT2D eigenvalue weighted by Crippen LogP contribution is 2.24. The zero-order valence-corrected chi connectivity index (χ0v) is 5.27. The maximum Gasteiger partial charge on any atom is 0.389 e. The van der Waals surface area contributed by atoms with Crippen molar-refractivity contribution in [2.45, 2.75) is 19.5 Å². The van der Waals surface area contributed by atoms with Crippen LogP contribution in [0, 0.1) is 5.92 Å². The molecule has 10 heavy (non-hydrogen) atoms. The fourth-order valence-electron chi connectivity index (χ4n) is 0.434. The molecule has 0 aromatic heterocycles. The molecule has 0 aromatic rings. The summed E-state index contributed by atoms with van der Waals surface area (Å²) in [6.45, 7) is 1.02. The van der Waals surface area contributed by atoms with Gasteiger partial charge in [-0.05, 0) is 0 Å². The van der Waals surface area contributed by atoms with Crippen LogP contribution in [0.2, 0.25) is 0 Å². The molecular weight excluding hydrogens is 149 g/mol. The second-order valence-corrected chi connectivity index (χ2v) is 2.06. The molecule has 0 aromatic carbocycles. The molecule has 0 amide bonds. The van der Waals surface area contributed by atoms with Gasteiger partial charge in [0.25, 0.3) is 0 Å². The third kappa shape index (κ3) is 4.17. The molecule has 2 nitrogen and oxygen atoms in total. The summed E-state index contributed by atoms with van der Waals surface area (Å²) < 4.78 is 34.2. The molecule has 0 saturated heterocycles. The standard InChI is InChI=1S/C5H7F3O2/c1-3(4(9)10)2-5(6,7)8/h3H,2H2,1H3,(H,9,10)/t3-/m1/s1. The SMILES string of the molecule is C[C@H](CC(F)(F)F)C(=O)O. The number of carboxylic acid groups (broad SMARTS) is 1. The van der Waals surface area contributed by atoms with Crippen LogP contribution >= 0.6 is 0 Å². The topological polar surface area (TPSA) is 37.3 Å². The maximum atomic E-state index is 11.4. The van der Waals surface area contributed by atoms with Gasteiger partial charge in [0.2, 0.25) is 0 Å². The number of hydrogen-bond donors (Lipinski definition) is 1. The van der Waals surface area contributed by atoms with E-state index >= 15 is 0 Å². The van der Waals surface area contributed by atoms with Crippen LogP contribution in [-0.4, -0.2) is 17.3 Å². The van der Waals surface area contributed by atoms with E-state index in [2.05, 4.69) is 0 Å². The lowest BCUT2D eigenvalue weighted by Crippen LogP contribution is -2.19. The summed E-state index contributed by atoms with van der Waals surface area (Å²) >= 11 is 0. The van der Waals surface area contributed by atoms with Crippen LogP contribution < -0.4 is 0 Å². The van der Waals surface area contributed by atoms with Crippen molar-refractivity contribution in [3.8, 4) is 0 Å². The normalized spacial score (nSPS) is 14.8. The molecule has 1 N–H and O–H groups in total. The van der Waals surface area contributed by atoms with Gasteiger partial charge >= 0.3 is 12.1 Å². The largest absolute Gasteiger partial charge is 0.481 e. The molecule has 0 aliphatic rings. The van der Waals surface area contributed by atoms with Crippen LogP contribution in [-0.2, 0) is 4.79 Å². The summed E-state index contributed by atoms with van der Waals surface area (Å²) in [4.78, 5) is 9.88. The first-order valence-corrected chi connectivity index (χ1v) is 2.62. The van der Waals surface area contributed by atoms with Gasteiger partial charge in [0.15, 0.2) is 0 Å². The molecule has 0 aliphatic heterocycles. The van der Waals surface area contributed by atoms with Gasteiger partial charge in [0.1, 0.15) is 0 Å². The molecule has 0 spiro atoms. The van der Waals surface area contributed by atoms with Gasteiger partial charge in [-0.1, -0.05) is 6.92 Å². The van der Waals surface area contributed by atoms with Crippen LogP contribution in [0.4, 0.5) is 13.2 Å². The number of carboxylic acids is 1. The molecule has 0 saturated carbocycles. The van der Waals surface area contributed by atoms with E-state index in [-0.39, 0.29) is 0 Å². The Kier molecular flexibility index (Phi) is 2.68. The number of aliphatic carboxylic acids is 1. The zero-order valence-electron chi connectivity index (χ0n) is 5.27.